The number of ketones is 1. The summed E-state index contributed by atoms with van der Waals surface area (Å²) in [5, 5.41) is 10.7. The van der Waals surface area contributed by atoms with Gasteiger partial charge in [0.2, 0.25) is 0 Å². The molecule has 1 aliphatic rings. The number of nitrogens with zero attached hydrogens (tertiary/aromatic N) is 2. The molecule has 14 heavy (non-hydrogen) atoms. The van der Waals surface area contributed by atoms with E-state index in [1.165, 1.54) is 6.20 Å². The lowest BCUT2D eigenvalue weighted by Crippen LogP contribution is -2.36. The number of rotatable bonds is 1. The van der Waals surface area contributed by atoms with E-state index in [-0.39, 0.29) is 5.78 Å². The zero-order valence-corrected chi connectivity index (χ0v) is 7.47. The van der Waals surface area contributed by atoms with Crippen molar-refractivity contribution in [3.8, 4) is 0 Å². The van der Waals surface area contributed by atoms with Gasteiger partial charge in [-0.1, -0.05) is 0 Å². The fraction of sp³-hybridized carbons (Fsp3) is 0.444. The first-order valence-corrected chi connectivity index (χ1v) is 4.45. The highest BCUT2D eigenvalue weighted by Crippen LogP contribution is 2.19. The van der Waals surface area contributed by atoms with Crippen LogP contribution in [-0.4, -0.2) is 21.3 Å². The number of carboxylic acid groups (broad SMARTS) is 1. The number of aryl methyl sites for hydroxylation is 1. The largest absolute Gasteiger partial charge is 0.549 e. The number of hydrogen-bond acceptors (Lipinski definition) is 4. The summed E-state index contributed by atoms with van der Waals surface area (Å²) in [6.45, 7) is 0.644. The molecular weight excluding hydrogens is 184 g/mol. The molecule has 5 heteroatoms. The number of imidazole rings is 1. The van der Waals surface area contributed by atoms with Crippen molar-refractivity contribution in [1.82, 2.24) is 9.55 Å². The minimum absolute atomic E-state index is 0.350. The number of Topliss-reactive ketones (excluding diaryl/α,β-unsaturated/α-hetero) is 1. The molecule has 74 valence electrons. The number of carbonyl (C=O) groups excluding carboxylic acids is 2. The quantitative estimate of drug-likeness (QED) is 0.548. The average Bonchev–Trinajstić information content (AvgIpc) is 2.53. The Morgan fingerprint density at radius 2 is 2.43 bits per heavy atom. The Bertz CT molecular complexity index is 383. The first-order chi connectivity index (χ1) is 6.70. The number of hydrogen-bond donors (Lipinski definition) is 0. The molecule has 5 nitrogen and oxygen atoms in total. The van der Waals surface area contributed by atoms with Crippen molar-refractivity contribution < 1.29 is 14.7 Å². The summed E-state index contributed by atoms with van der Waals surface area (Å²) in [5.41, 5.74) is 0.372. The summed E-state index contributed by atoms with van der Waals surface area (Å²) in [7, 11) is 0. The Balaban J connectivity index is 2.38. The maximum absolute atomic E-state index is 11.7. The van der Waals surface area contributed by atoms with Crippen molar-refractivity contribution >= 4 is 11.8 Å². The van der Waals surface area contributed by atoms with E-state index in [0.29, 0.717) is 25.1 Å². The number of carbonyl (C=O) groups is 2. The maximum atomic E-state index is 11.7. The molecule has 0 fully saturated rings. The lowest BCUT2D eigenvalue weighted by Gasteiger charge is -2.12. The molecule has 0 aliphatic carbocycles. The van der Waals surface area contributed by atoms with Gasteiger partial charge in [0.15, 0.2) is 5.78 Å². The SMILES string of the molecule is O=C([O-])C1CCCn2cncc2C1=O. The minimum atomic E-state index is -1.29. The van der Waals surface area contributed by atoms with Crippen LogP contribution in [0.1, 0.15) is 23.3 Å². The van der Waals surface area contributed by atoms with Gasteiger partial charge in [-0.25, -0.2) is 4.98 Å². The first kappa shape index (κ1) is 8.93. The molecule has 2 rings (SSSR count). The summed E-state index contributed by atoms with van der Waals surface area (Å²) in [4.78, 5) is 26.2. The first-order valence-electron chi connectivity index (χ1n) is 4.45. The van der Waals surface area contributed by atoms with Crippen LogP contribution in [-0.2, 0) is 11.3 Å². The fourth-order valence-electron chi connectivity index (χ4n) is 1.70. The van der Waals surface area contributed by atoms with Gasteiger partial charge in [0.05, 0.1) is 24.4 Å². The van der Waals surface area contributed by atoms with E-state index in [1.807, 2.05) is 0 Å². The summed E-state index contributed by atoms with van der Waals surface area (Å²) in [6, 6.07) is 0. The van der Waals surface area contributed by atoms with Crippen LogP contribution >= 0.6 is 0 Å². The Morgan fingerprint density at radius 3 is 3.14 bits per heavy atom. The second kappa shape index (κ2) is 3.25. The van der Waals surface area contributed by atoms with Gasteiger partial charge in [-0.2, -0.15) is 0 Å². The highest BCUT2D eigenvalue weighted by molar-refractivity contribution is 6.06. The number of carboxylic acids is 1. The third kappa shape index (κ3) is 1.30. The van der Waals surface area contributed by atoms with Crippen LogP contribution in [0.25, 0.3) is 0 Å². The highest BCUT2D eigenvalue weighted by Gasteiger charge is 2.26. The van der Waals surface area contributed by atoms with E-state index in [9.17, 15) is 14.7 Å². The molecule has 2 heterocycles. The summed E-state index contributed by atoms with van der Waals surface area (Å²) < 4.78 is 1.69. The predicted molar refractivity (Wildman–Crippen MR) is 44.3 cm³/mol. The van der Waals surface area contributed by atoms with Crippen molar-refractivity contribution in [2.45, 2.75) is 19.4 Å². The van der Waals surface area contributed by atoms with Gasteiger partial charge in [0, 0.05) is 6.54 Å². The van der Waals surface area contributed by atoms with Crippen molar-refractivity contribution in [1.29, 1.82) is 0 Å². The second-order valence-electron chi connectivity index (χ2n) is 3.35. The van der Waals surface area contributed by atoms with Gasteiger partial charge >= 0.3 is 0 Å². The third-order valence-electron chi connectivity index (χ3n) is 2.46. The number of aromatic nitrogens is 2. The van der Waals surface area contributed by atoms with E-state index in [0.717, 1.165) is 0 Å². The van der Waals surface area contributed by atoms with Crippen LogP contribution in [0.4, 0.5) is 0 Å². The van der Waals surface area contributed by atoms with Crippen molar-refractivity contribution in [3.05, 3.63) is 18.2 Å². The maximum Gasteiger partial charge on any atom is 0.189 e. The van der Waals surface area contributed by atoms with Crippen LogP contribution in [0.5, 0.6) is 0 Å². The van der Waals surface area contributed by atoms with Gasteiger partial charge in [-0.15, -0.1) is 0 Å². The molecule has 0 bridgehead atoms. The Labute approximate surface area is 80.4 Å². The number of fused-ring (bicyclic) bond motifs is 1. The van der Waals surface area contributed by atoms with Crippen LogP contribution in [0, 0.1) is 5.92 Å². The van der Waals surface area contributed by atoms with E-state index in [4.69, 9.17) is 0 Å². The van der Waals surface area contributed by atoms with E-state index in [2.05, 4.69) is 4.98 Å². The lowest BCUT2D eigenvalue weighted by molar-refractivity contribution is -0.309. The van der Waals surface area contributed by atoms with Crippen LogP contribution in [0.15, 0.2) is 12.5 Å². The van der Waals surface area contributed by atoms with Crippen molar-refractivity contribution in [2.75, 3.05) is 0 Å². The third-order valence-corrected chi connectivity index (χ3v) is 2.46. The second-order valence-corrected chi connectivity index (χ2v) is 3.35. The Hall–Kier alpha value is -1.65. The zero-order valence-electron chi connectivity index (χ0n) is 7.47. The van der Waals surface area contributed by atoms with Crippen molar-refractivity contribution in [2.24, 2.45) is 5.92 Å². The molecule has 1 aliphatic heterocycles. The van der Waals surface area contributed by atoms with Crippen LogP contribution in [0.2, 0.25) is 0 Å². The van der Waals surface area contributed by atoms with Gasteiger partial charge < -0.3 is 14.5 Å². The lowest BCUT2D eigenvalue weighted by atomic mass is 9.98. The molecule has 1 atom stereocenters. The molecule has 0 radical (unpaired) electrons. The molecule has 0 amide bonds. The van der Waals surface area contributed by atoms with E-state index >= 15 is 0 Å². The molecule has 1 aromatic heterocycles. The summed E-state index contributed by atoms with van der Waals surface area (Å²) >= 11 is 0. The normalized spacial score (nSPS) is 21.4. The zero-order chi connectivity index (χ0) is 10.1. The fourth-order valence-corrected chi connectivity index (χ4v) is 1.70. The van der Waals surface area contributed by atoms with Crippen LogP contribution in [0.3, 0.4) is 0 Å². The highest BCUT2D eigenvalue weighted by atomic mass is 16.4. The van der Waals surface area contributed by atoms with Crippen LogP contribution < -0.4 is 5.11 Å². The molecule has 1 aromatic rings. The molecule has 0 saturated heterocycles. The minimum Gasteiger partial charge on any atom is -0.549 e. The molecule has 0 aromatic carbocycles. The molecule has 0 N–H and O–H groups in total. The topological polar surface area (TPSA) is 75.0 Å². The average molecular weight is 193 g/mol. The monoisotopic (exact) mass is 193 g/mol. The molecule has 1 unspecified atom stereocenters. The van der Waals surface area contributed by atoms with Gasteiger partial charge in [-0.3, -0.25) is 4.79 Å². The smallest absolute Gasteiger partial charge is 0.189 e. The molecule has 0 saturated carbocycles. The van der Waals surface area contributed by atoms with Gasteiger partial charge in [0.25, 0.3) is 0 Å². The standard InChI is InChI=1S/C9H10N2O3/c12-8-6(9(13)14)2-1-3-11-5-10-4-7(8)11/h4-6H,1-3H2,(H,13,14)/p-1. The van der Waals surface area contributed by atoms with Gasteiger partial charge in [-0.05, 0) is 12.8 Å². The van der Waals surface area contributed by atoms with Crippen molar-refractivity contribution in [3.63, 3.8) is 0 Å². The Morgan fingerprint density at radius 1 is 1.64 bits per heavy atom. The van der Waals surface area contributed by atoms with Gasteiger partial charge in [0.1, 0.15) is 5.69 Å². The number of aliphatic carboxylic acids is 1. The summed E-state index contributed by atoms with van der Waals surface area (Å²) in [5.74, 6) is -2.68. The predicted octanol–water partition coefficient (Wildman–Crippen LogP) is -0.774. The Kier molecular flexibility index (Phi) is 2.07. The molecule has 0 spiro atoms. The van der Waals surface area contributed by atoms with E-state index in [1.54, 1.807) is 10.9 Å². The molecular formula is C9H9N2O3-. The summed E-state index contributed by atoms with van der Waals surface area (Å²) in [6.07, 6.45) is 3.96. The van der Waals surface area contributed by atoms with E-state index < -0.39 is 11.9 Å².